The molecule has 0 saturated carbocycles. The highest BCUT2D eigenvalue weighted by Gasteiger charge is 2.26. The van der Waals surface area contributed by atoms with Gasteiger partial charge in [0.2, 0.25) is 0 Å². The first-order chi connectivity index (χ1) is 12.6. The van der Waals surface area contributed by atoms with Gasteiger partial charge in [-0.25, -0.2) is 4.98 Å². The van der Waals surface area contributed by atoms with Crippen LogP contribution in [0.3, 0.4) is 0 Å². The molecule has 1 aliphatic carbocycles. The lowest BCUT2D eigenvalue weighted by Gasteiger charge is -2.23. The monoisotopic (exact) mass is 349 g/mol. The van der Waals surface area contributed by atoms with Crippen molar-refractivity contribution >= 4 is 5.91 Å². The third kappa shape index (κ3) is 2.71. The van der Waals surface area contributed by atoms with Crippen LogP contribution in [0, 0.1) is 13.8 Å². The number of aromatic nitrogens is 4. The second-order valence-electron chi connectivity index (χ2n) is 6.90. The predicted molar refractivity (Wildman–Crippen MR) is 99.4 cm³/mol. The number of fused-ring (bicyclic) bond motifs is 1. The zero-order valence-electron chi connectivity index (χ0n) is 15.4. The standard InChI is InChI=1S/C20H23N5O/c1-13-11-15(14(2)25(13)19-9-4-5-10-21-19)20(26)23-17-7-6-8-18-16(17)12-22-24(18)3/h4-5,9-12,17H,6-8H2,1-3H3,(H,23,26)/t17-/m1/s1. The number of nitrogens with one attached hydrogen (secondary N) is 1. The van der Waals surface area contributed by atoms with Crippen molar-refractivity contribution in [1.29, 1.82) is 0 Å². The van der Waals surface area contributed by atoms with Crippen molar-refractivity contribution < 1.29 is 4.79 Å². The van der Waals surface area contributed by atoms with E-state index in [1.807, 2.05) is 60.6 Å². The molecular weight excluding hydrogens is 326 g/mol. The highest BCUT2D eigenvalue weighted by atomic mass is 16.1. The molecule has 6 nitrogen and oxygen atoms in total. The Morgan fingerprint density at radius 2 is 2.15 bits per heavy atom. The van der Waals surface area contributed by atoms with Gasteiger partial charge in [-0.1, -0.05) is 6.07 Å². The lowest BCUT2D eigenvalue weighted by molar-refractivity contribution is 0.0932. The average Bonchev–Trinajstić information content (AvgIpc) is 3.16. The highest BCUT2D eigenvalue weighted by molar-refractivity contribution is 5.96. The predicted octanol–water partition coefficient (Wildman–Crippen LogP) is 3.03. The molecule has 0 aliphatic heterocycles. The molecule has 0 bridgehead atoms. The van der Waals surface area contributed by atoms with E-state index >= 15 is 0 Å². The van der Waals surface area contributed by atoms with Crippen molar-refractivity contribution in [1.82, 2.24) is 24.6 Å². The summed E-state index contributed by atoms with van der Waals surface area (Å²) >= 11 is 0. The Balaban J connectivity index is 1.62. The third-order valence-electron chi connectivity index (χ3n) is 5.24. The summed E-state index contributed by atoms with van der Waals surface area (Å²) in [5.74, 6) is 0.788. The van der Waals surface area contributed by atoms with E-state index in [-0.39, 0.29) is 11.9 Å². The van der Waals surface area contributed by atoms with E-state index in [1.165, 1.54) is 5.69 Å². The normalized spacial score (nSPS) is 16.3. The quantitative estimate of drug-likeness (QED) is 0.790. The van der Waals surface area contributed by atoms with Crippen LogP contribution in [0.2, 0.25) is 0 Å². The number of carbonyl (C=O) groups excluding carboxylic acids is 1. The van der Waals surface area contributed by atoms with Gasteiger partial charge in [0.1, 0.15) is 5.82 Å². The van der Waals surface area contributed by atoms with Gasteiger partial charge in [-0.3, -0.25) is 9.48 Å². The van der Waals surface area contributed by atoms with Crippen molar-refractivity contribution in [2.24, 2.45) is 7.05 Å². The van der Waals surface area contributed by atoms with Crippen molar-refractivity contribution in [3.8, 4) is 5.82 Å². The van der Waals surface area contributed by atoms with E-state index < -0.39 is 0 Å². The van der Waals surface area contributed by atoms with Crippen molar-refractivity contribution in [3.63, 3.8) is 0 Å². The molecule has 0 unspecified atom stereocenters. The van der Waals surface area contributed by atoms with E-state index in [2.05, 4.69) is 15.4 Å². The Labute approximate surface area is 152 Å². The molecule has 134 valence electrons. The first-order valence-corrected chi connectivity index (χ1v) is 8.98. The minimum atomic E-state index is -0.0398. The van der Waals surface area contributed by atoms with Crippen LogP contribution in [-0.2, 0) is 13.5 Å². The molecule has 1 aliphatic rings. The zero-order valence-corrected chi connectivity index (χ0v) is 15.4. The second-order valence-corrected chi connectivity index (χ2v) is 6.90. The number of nitrogens with zero attached hydrogens (tertiary/aromatic N) is 4. The maximum Gasteiger partial charge on any atom is 0.253 e. The maximum atomic E-state index is 13.0. The molecule has 0 radical (unpaired) electrons. The molecule has 0 saturated heterocycles. The van der Waals surface area contributed by atoms with Gasteiger partial charge in [0.25, 0.3) is 5.91 Å². The zero-order chi connectivity index (χ0) is 18.3. The van der Waals surface area contributed by atoms with Gasteiger partial charge in [-0.2, -0.15) is 5.10 Å². The molecule has 1 amide bonds. The van der Waals surface area contributed by atoms with Crippen LogP contribution in [-0.4, -0.2) is 25.2 Å². The minimum Gasteiger partial charge on any atom is -0.345 e. The van der Waals surface area contributed by atoms with E-state index in [0.717, 1.165) is 42.0 Å². The van der Waals surface area contributed by atoms with Crippen molar-refractivity contribution in [3.05, 3.63) is 64.9 Å². The molecule has 0 fully saturated rings. The Morgan fingerprint density at radius 3 is 2.92 bits per heavy atom. The molecule has 0 spiro atoms. The van der Waals surface area contributed by atoms with Crippen LogP contribution in [0.4, 0.5) is 0 Å². The summed E-state index contributed by atoms with van der Waals surface area (Å²) in [6, 6.07) is 7.75. The number of hydrogen-bond acceptors (Lipinski definition) is 3. The van der Waals surface area contributed by atoms with Crippen LogP contribution in [0.15, 0.2) is 36.7 Å². The molecule has 3 heterocycles. The first-order valence-electron chi connectivity index (χ1n) is 8.98. The molecular formula is C20H23N5O. The number of hydrogen-bond donors (Lipinski definition) is 1. The van der Waals surface area contributed by atoms with E-state index in [0.29, 0.717) is 5.56 Å². The molecule has 1 N–H and O–H groups in total. The van der Waals surface area contributed by atoms with Gasteiger partial charge in [-0.05, 0) is 51.3 Å². The fourth-order valence-corrected chi connectivity index (χ4v) is 3.92. The topological polar surface area (TPSA) is 64.7 Å². The van der Waals surface area contributed by atoms with Gasteiger partial charge < -0.3 is 9.88 Å². The molecule has 26 heavy (non-hydrogen) atoms. The first kappa shape index (κ1) is 16.6. The van der Waals surface area contributed by atoms with Crippen LogP contribution < -0.4 is 5.32 Å². The van der Waals surface area contributed by atoms with Gasteiger partial charge in [0.05, 0.1) is 17.8 Å². The summed E-state index contributed by atoms with van der Waals surface area (Å²) in [4.78, 5) is 17.4. The third-order valence-corrected chi connectivity index (χ3v) is 5.24. The fourth-order valence-electron chi connectivity index (χ4n) is 3.92. The van der Waals surface area contributed by atoms with Gasteiger partial charge >= 0.3 is 0 Å². The molecule has 0 aromatic carbocycles. The lowest BCUT2D eigenvalue weighted by Crippen LogP contribution is -2.31. The average molecular weight is 349 g/mol. The summed E-state index contributed by atoms with van der Waals surface area (Å²) in [6.45, 7) is 3.96. The second kappa shape index (κ2) is 6.44. The Hall–Kier alpha value is -2.89. The van der Waals surface area contributed by atoms with Gasteiger partial charge in [0, 0.05) is 35.9 Å². The van der Waals surface area contributed by atoms with Crippen LogP contribution in [0.25, 0.3) is 5.82 Å². The SMILES string of the molecule is Cc1cc(C(=O)N[C@@H]2CCCc3c2cnn3C)c(C)n1-c1ccccn1. The van der Waals surface area contributed by atoms with Gasteiger partial charge in [0.15, 0.2) is 0 Å². The highest BCUT2D eigenvalue weighted by Crippen LogP contribution is 2.30. The lowest BCUT2D eigenvalue weighted by atomic mass is 9.93. The summed E-state index contributed by atoms with van der Waals surface area (Å²) in [6.07, 6.45) is 6.68. The molecule has 1 atom stereocenters. The van der Waals surface area contributed by atoms with E-state index in [9.17, 15) is 4.79 Å². The summed E-state index contributed by atoms with van der Waals surface area (Å²) in [5, 5.41) is 7.57. The number of amides is 1. The largest absolute Gasteiger partial charge is 0.345 e. The number of aryl methyl sites for hydroxylation is 2. The van der Waals surface area contributed by atoms with Crippen molar-refractivity contribution in [2.45, 2.75) is 39.2 Å². The smallest absolute Gasteiger partial charge is 0.253 e. The summed E-state index contributed by atoms with van der Waals surface area (Å²) in [5.41, 5.74) is 4.97. The fraction of sp³-hybridized carbons (Fsp3) is 0.350. The number of rotatable bonds is 3. The minimum absolute atomic E-state index is 0.0258. The van der Waals surface area contributed by atoms with Crippen LogP contribution >= 0.6 is 0 Å². The summed E-state index contributed by atoms with van der Waals surface area (Å²) in [7, 11) is 1.96. The van der Waals surface area contributed by atoms with E-state index in [1.54, 1.807) is 6.20 Å². The maximum absolute atomic E-state index is 13.0. The van der Waals surface area contributed by atoms with E-state index in [4.69, 9.17) is 0 Å². The van der Waals surface area contributed by atoms with Crippen LogP contribution in [0.5, 0.6) is 0 Å². The molecule has 3 aromatic heterocycles. The molecule has 4 rings (SSSR count). The van der Waals surface area contributed by atoms with Gasteiger partial charge in [-0.15, -0.1) is 0 Å². The Kier molecular flexibility index (Phi) is 4.11. The van der Waals surface area contributed by atoms with Crippen LogP contribution in [0.1, 0.15) is 51.9 Å². The summed E-state index contributed by atoms with van der Waals surface area (Å²) < 4.78 is 3.94. The number of carbonyl (C=O) groups is 1. The molecule has 3 aromatic rings. The Morgan fingerprint density at radius 1 is 1.31 bits per heavy atom. The number of pyridine rings is 1. The van der Waals surface area contributed by atoms with Crippen molar-refractivity contribution in [2.75, 3.05) is 0 Å². The molecule has 6 heteroatoms. The Bertz CT molecular complexity index is 954.